The van der Waals surface area contributed by atoms with Crippen LogP contribution in [-0.2, 0) is 11.2 Å². The molecule has 178 valence electrons. The van der Waals surface area contributed by atoms with Gasteiger partial charge in [-0.05, 0) is 47.7 Å². The number of amides is 1. The lowest BCUT2D eigenvalue weighted by atomic mass is 9.95. The Morgan fingerprint density at radius 3 is 2.15 bits per heavy atom. The Morgan fingerprint density at radius 2 is 1.61 bits per heavy atom. The van der Waals surface area contributed by atoms with Crippen LogP contribution >= 0.6 is 0 Å². The third-order valence-electron chi connectivity index (χ3n) is 5.72. The molecule has 1 amide bonds. The fraction of sp³-hybridized carbons (Fsp3) is 0.391. The smallest absolute Gasteiger partial charge is 0.471 e. The van der Waals surface area contributed by atoms with Crippen molar-refractivity contribution in [1.82, 2.24) is 4.90 Å². The zero-order chi connectivity index (χ0) is 24.5. The van der Waals surface area contributed by atoms with Crippen LogP contribution in [-0.4, -0.2) is 52.5 Å². The van der Waals surface area contributed by atoms with E-state index < -0.39 is 23.6 Å². The summed E-state index contributed by atoms with van der Waals surface area (Å²) in [5, 5.41) is 0. The number of hydrogen-bond donors (Lipinski definition) is 0. The van der Waals surface area contributed by atoms with E-state index in [0.717, 1.165) is 7.05 Å². The van der Waals surface area contributed by atoms with Gasteiger partial charge in [0.05, 0.1) is 34.5 Å². The second-order valence-electron chi connectivity index (χ2n) is 7.43. The summed E-state index contributed by atoms with van der Waals surface area (Å²) in [6.07, 6.45) is -4.65. The summed E-state index contributed by atoms with van der Waals surface area (Å²) in [4.78, 5) is 25.5. The second-order valence-corrected chi connectivity index (χ2v) is 7.43. The van der Waals surface area contributed by atoms with E-state index in [9.17, 15) is 22.8 Å². The van der Waals surface area contributed by atoms with Crippen molar-refractivity contribution in [3.63, 3.8) is 0 Å². The standard InChI is InChI=1S/C23H24F3NO6/c1-27(22(29)23(24,25)26)15-8-6-12-10-18(31-3)20(32-4)21(33-5)19(12)13-7-9-17(30-2)16(28)11-14(13)15/h7,9-11,15H,6,8H2,1-5H3/t15-/m1/s1. The number of benzene rings is 1. The quantitative estimate of drug-likeness (QED) is 0.667. The molecule has 0 saturated carbocycles. The molecule has 10 heteroatoms. The Labute approximate surface area is 188 Å². The molecule has 0 aliphatic heterocycles. The van der Waals surface area contributed by atoms with E-state index in [1.165, 1.54) is 40.6 Å². The highest BCUT2D eigenvalue weighted by Gasteiger charge is 2.44. The van der Waals surface area contributed by atoms with Crippen LogP contribution in [0.3, 0.4) is 0 Å². The number of fused-ring (bicyclic) bond motifs is 3. The average Bonchev–Trinajstić information content (AvgIpc) is 3.03. The molecule has 0 saturated heterocycles. The molecule has 1 aliphatic rings. The Morgan fingerprint density at radius 1 is 0.970 bits per heavy atom. The van der Waals surface area contributed by atoms with Gasteiger partial charge in [-0.15, -0.1) is 0 Å². The molecule has 7 nitrogen and oxygen atoms in total. The molecule has 0 heterocycles. The summed E-state index contributed by atoms with van der Waals surface area (Å²) >= 11 is 0. The summed E-state index contributed by atoms with van der Waals surface area (Å²) in [7, 11) is 6.73. The molecule has 0 unspecified atom stereocenters. The summed E-state index contributed by atoms with van der Waals surface area (Å²) in [5.41, 5.74) is 1.39. The van der Waals surface area contributed by atoms with E-state index in [-0.39, 0.29) is 24.2 Å². The van der Waals surface area contributed by atoms with Gasteiger partial charge >= 0.3 is 12.1 Å². The normalized spacial score (nSPS) is 15.0. The first-order chi connectivity index (χ1) is 15.6. The average molecular weight is 467 g/mol. The predicted octanol–water partition coefficient (Wildman–Crippen LogP) is 3.76. The lowest BCUT2D eigenvalue weighted by Gasteiger charge is -2.29. The largest absolute Gasteiger partial charge is 0.493 e. The third kappa shape index (κ3) is 4.29. The molecule has 0 fully saturated rings. The molecule has 2 aromatic rings. The van der Waals surface area contributed by atoms with Crippen LogP contribution < -0.4 is 24.4 Å². The van der Waals surface area contributed by atoms with Crippen molar-refractivity contribution in [3.8, 4) is 34.1 Å². The van der Waals surface area contributed by atoms with E-state index in [1.807, 2.05) is 0 Å². The van der Waals surface area contributed by atoms with Crippen molar-refractivity contribution in [2.45, 2.75) is 25.1 Å². The molecule has 0 radical (unpaired) electrons. The Kier molecular flexibility index (Phi) is 6.76. The number of halogens is 3. The van der Waals surface area contributed by atoms with Crippen LogP contribution in [0, 0.1) is 0 Å². The molecule has 0 N–H and O–H groups in total. The van der Waals surface area contributed by atoms with E-state index in [1.54, 1.807) is 12.1 Å². The van der Waals surface area contributed by atoms with Crippen molar-refractivity contribution >= 4 is 5.91 Å². The fourth-order valence-electron chi connectivity index (χ4n) is 4.19. The van der Waals surface area contributed by atoms with E-state index in [0.29, 0.717) is 38.8 Å². The van der Waals surface area contributed by atoms with E-state index >= 15 is 0 Å². The number of ether oxygens (including phenoxy) is 4. The Bertz CT molecular complexity index is 1130. The molecule has 1 atom stereocenters. The monoisotopic (exact) mass is 467 g/mol. The molecule has 33 heavy (non-hydrogen) atoms. The van der Waals surface area contributed by atoms with Gasteiger partial charge in [0.2, 0.25) is 11.2 Å². The number of alkyl halides is 3. The molecule has 3 rings (SSSR count). The highest BCUT2D eigenvalue weighted by Crippen LogP contribution is 2.51. The van der Waals surface area contributed by atoms with Gasteiger partial charge in [-0.2, -0.15) is 13.2 Å². The lowest BCUT2D eigenvalue weighted by Crippen LogP contribution is -2.41. The fourth-order valence-corrected chi connectivity index (χ4v) is 4.19. The summed E-state index contributed by atoms with van der Waals surface area (Å²) in [6.45, 7) is 0. The van der Waals surface area contributed by atoms with Gasteiger partial charge in [0.1, 0.15) is 0 Å². The van der Waals surface area contributed by atoms with Crippen LogP contribution in [0.2, 0.25) is 0 Å². The van der Waals surface area contributed by atoms with Gasteiger partial charge in [0.25, 0.3) is 0 Å². The maximum absolute atomic E-state index is 13.3. The molecule has 2 aromatic carbocycles. The zero-order valence-electron chi connectivity index (χ0n) is 18.8. The van der Waals surface area contributed by atoms with E-state index in [2.05, 4.69) is 0 Å². The third-order valence-corrected chi connectivity index (χ3v) is 5.72. The van der Waals surface area contributed by atoms with E-state index in [4.69, 9.17) is 18.9 Å². The SMILES string of the molecule is COc1cc2c(c(OC)c1OC)-c1ccc(OC)c(=O)cc1[C@H](N(C)C(=O)C(F)(F)F)CC2. The predicted molar refractivity (Wildman–Crippen MR) is 114 cm³/mol. The Hall–Kier alpha value is -3.43. The van der Waals surface area contributed by atoms with Crippen molar-refractivity contribution in [2.24, 2.45) is 0 Å². The van der Waals surface area contributed by atoms with Gasteiger partial charge in [-0.3, -0.25) is 9.59 Å². The van der Waals surface area contributed by atoms with Crippen LogP contribution in [0.1, 0.15) is 23.6 Å². The topological polar surface area (TPSA) is 74.3 Å². The number of carbonyl (C=O) groups is 1. The first kappa shape index (κ1) is 24.2. The van der Waals surface area contributed by atoms with Crippen LogP contribution in [0.5, 0.6) is 23.0 Å². The number of rotatable bonds is 5. The zero-order valence-corrected chi connectivity index (χ0v) is 18.8. The van der Waals surface area contributed by atoms with Crippen LogP contribution in [0.25, 0.3) is 11.1 Å². The summed E-state index contributed by atoms with van der Waals surface area (Å²) in [6, 6.07) is 4.91. The minimum absolute atomic E-state index is 0.00705. The minimum Gasteiger partial charge on any atom is -0.493 e. The first-order valence-electron chi connectivity index (χ1n) is 9.97. The number of carbonyl (C=O) groups excluding carboxylic acids is 1. The number of nitrogens with zero attached hydrogens (tertiary/aromatic N) is 1. The molecule has 0 aromatic heterocycles. The number of hydrogen-bond acceptors (Lipinski definition) is 6. The van der Waals surface area contributed by atoms with Gasteiger partial charge < -0.3 is 23.8 Å². The van der Waals surface area contributed by atoms with Crippen LogP contribution in [0.4, 0.5) is 13.2 Å². The summed E-state index contributed by atoms with van der Waals surface area (Å²) in [5.74, 6) is -1.01. The number of methoxy groups -OCH3 is 4. The highest BCUT2D eigenvalue weighted by atomic mass is 19.4. The highest BCUT2D eigenvalue weighted by molar-refractivity contribution is 5.85. The van der Waals surface area contributed by atoms with Gasteiger partial charge in [-0.25, -0.2) is 0 Å². The lowest BCUT2D eigenvalue weighted by molar-refractivity contribution is -0.186. The molecule has 0 spiro atoms. The second kappa shape index (κ2) is 9.21. The van der Waals surface area contributed by atoms with Gasteiger partial charge in [0, 0.05) is 12.6 Å². The van der Waals surface area contributed by atoms with Crippen molar-refractivity contribution < 1.29 is 36.9 Å². The molecule has 1 aliphatic carbocycles. The number of aryl methyl sites for hydroxylation is 1. The first-order valence-corrected chi connectivity index (χ1v) is 9.97. The minimum atomic E-state index is -5.06. The maximum atomic E-state index is 13.3. The van der Waals surface area contributed by atoms with Gasteiger partial charge in [-0.1, -0.05) is 6.07 Å². The molecular weight excluding hydrogens is 443 g/mol. The molecule has 0 bridgehead atoms. The van der Waals surface area contributed by atoms with Crippen molar-refractivity contribution in [1.29, 1.82) is 0 Å². The maximum Gasteiger partial charge on any atom is 0.471 e. The van der Waals surface area contributed by atoms with Gasteiger partial charge in [0.15, 0.2) is 17.2 Å². The summed E-state index contributed by atoms with van der Waals surface area (Å²) < 4.78 is 61.4. The van der Waals surface area contributed by atoms with Crippen molar-refractivity contribution in [2.75, 3.05) is 35.5 Å². The Balaban J connectivity index is 2.40. The molecular formula is C23H24F3NO6. The van der Waals surface area contributed by atoms with Crippen LogP contribution in [0.15, 0.2) is 29.1 Å². The van der Waals surface area contributed by atoms with Crippen molar-refractivity contribution in [3.05, 3.63) is 45.6 Å².